The van der Waals surface area contributed by atoms with Crippen molar-refractivity contribution in [2.45, 2.75) is 12.8 Å². The summed E-state index contributed by atoms with van der Waals surface area (Å²) in [6, 6.07) is 0. The van der Waals surface area contributed by atoms with Crippen LogP contribution in [0.15, 0.2) is 0 Å². The Balaban J connectivity index is 3.16. The first-order valence-corrected chi connectivity index (χ1v) is 4.47. The van der Waals surface area contributed by atoms with Gasteiger partial charge in [0.05, 0.1) is 6.61 Å². The Bertz CT molecular complexity index is 141. The van der Waals surface area contributed by atoms with Crippen LogP contribution in [0, 0.1) is 0 Å². The fraction of sp³-hybridized carbons (Fsp3) is 0.875. The van der Waals surface area contributed by atoms with E-state index in [0.717, 1.165) is 25.9 Å². The molecule has 0 radical (unpaired) electrons. The van der Waals surface area contributed by atoms with Crippen LogP contribution in [-0.4, -0.2) is 44.3 Å². The molecule has 0 aliphatic rings. The number of amides is 1. The van der Waals surface area contributed by atoms with Crippen LogP contribution in [0.2, 0.25) is 0 Å². The number of ether oxygens (including phenoxy) is 1. The van der Waals surface area contributed by atoms with Gasteiger partial charge in [0.25, 0.3) is 0 Å². The number of hydrogen-bond acceptors (Lipinski definition) is 4. The molecule has 0 unspecified atom stereocenters. The van der Waals surface area contributed by atoms with Crippen molar-refractivity contribution >= 4 is 6.09 Å². The highest BCUT2D eigenvalue weighted by molar-refractivity contribution is 5.64. The van der Waals surface area contributed by atoms with Crippen LogP contribution in [0.1, 0.15) is 12.8 Å². The van der Waals surface area contributed by atoms with Crippen LogP contribution in [0.5, 0.6) is 0 Å². The number of carbonyl (C=O) groups is 1. The lowest BCUT2D eigenvalue weighted by Gasteiger charge is -2.15. The Morgan fingerprint density at radius 2 is 2.00 bits per heavy atom. The molecule has 0 aliphatic carbocycles. The van der Waals surface area contributed by atoms with Crippen LogP contribution in [0.4, 0.5) is 4.79 Å². The molecule has 0 aliphatic heterocycles. The monoisotopic (exact) mass is 189 g/mol. The van der Waals surface area contributed by atoms with Crippen molar-refractivity contribution in [3.05, 3.63) is 0 Å². The van der Waals surface area contributed by atoms with Gasteiger partial charge in [0.1, 0.15) is 0 Å². The van der Waals surface area contributed by atoms with E-state index in [-0.39, 0.29) is 0 Å². The van der Waals surface area contributed by atoms with Gasteiger partial charge >= 0.3 is 6.09 Å². The zero-order valence-corrected chi connectivity index (χ0v) is 8.16. The van der Waals surface area contributed by atoms with Crippen molar-refractivity contribution < 1.29 is 9.53 Å². The molecule has 0 aromatic heterocycles. The van der Waals surface area contributed by atoms with Gasteiger partial charge in [0, 0.05) is 6.54 Å². The lowest BCUT2D eigenvalue weighted by atomic mass is 10.3. The third-order valence-corrected chi connectivity index (χ3v) is 1.67. The molecule has 0 aromatic rings. The molecule has 78 valence electrons. The smallest absolute Gasteiger partial charge is 0.404 e. The molecular weight excluding hydrogens is 170 g/mol. The van der Waals surface area contributed by atoms with E-state index in [2.05, 4.69) is 9.64 Å². The molecule has 5 heteroatoms. The average Bonchev–Trinajstić information content (AvgIpc) is 2.08. The lowest BCUT2D eigenvalue weighted by molar-refractivity contribution is 0.150. The molecule has 0 saturated carbocycles. The lowest BCUT2D eigenvalue weighted by Crippen LogP contribution is -2.24. The highest BCUT2D eigenvalue weighted by Gasteiger charge is 1.98. The molecule has 0 saturated heterocycles. The second-order valence-corrected chi connectivity index (χ2v) is 2.97. The SMILES string of the molecule is CN(CCCN)CCCOC(N)=O. The van der Waals surface area contributed by atoms with E-state index in [9.17, 15) is 4.79 Å². The van der Waals surface area contributed by atoms with Gasteiger partial charge in [-0.1, -0.05) is 0 Å². The van der Waals surface area contributed by atoms with Crippen molar-refractivity contribution in [2.24, 2.45) is 11.5 Å². The Hall–Kier alpha value is -0.810. The fourth-order valence-electron chi connectivity index (χ4n) is 0.980. The summed E-state index contributed by atoms with van der Waals surface area (Å²) in [4.78, 5) is 12.3. The standard InChI is InChI=1S/C8H19N3O2/c1-11(5-2-4-9)6-3-7-13-8(10)12/h2-7,9H2,1H3,(H2,10,12). The van der Waals surface area contributed by atoms with E-state index in [4.69, 9.17) is 11.5 Å². The van der Waals surface area contributed by atoms with Gasteiger partial charge in [0.15, 0.2) is 0 Å². The van der Waals surface area contributed by atoms with Gasteiger partial charge in [-0.05, 0) is 33.0 Å². The topological polar surface area (TPSA) is 81.6 Å². The molecule has 0 spiro atoms. The fourth-order valence-corrected chi connectivity index (χ4v) is 0.980. The first kappa shape index (κ1) is 12.2. The third-order valence-electron chi connectivity index (χ3n) is 1.67. The number of rotatable bonds is 7. The quantitative estimate of drug-likeness (QED) is 0.541. The van der Waals surface area contributed by atoms with Gasteiger partial charge in [-0.3, -0.25) is 0 Å². The van der Waals surface area contributed by atoms with E-state index in [1.807, 2.05) is 7.05 Å². The van der Waals surface area contributed by atoms with Crippen molar-refractivity contribution in [1.29, 1.82) is 0 Å². The van der Waals surface area contributed by atoms with E-state index in [0.29, 0.717) is 13.2 Å². The number of nitrogens with two attached hydrogens (primary N) is 2. The molecule has 0 heterocycles. The van der Waals surface area contributed by atoms with Crippen molar-refractivity contribution in [1.82, 2.24) is 4.90 Å². The maximum atomic E-state index is 10.2. The Labute approximate surface area is 79.0 Å². The zero-order chi connectivity index (χ0) is 10.1. The van der Waals surface area contributed by atoms with E-state index in [1.54, 1.807) is 0 Å². The largest absolute Gasteiger partial charge is 0.450 e. The van der Waals surface area contributed by atoms with Gasteiger partial charge in [0.2, 0.25) is 0 Å². The summed E-state index contributed by atoms with van der Waals surface area (Å²) in [5, 5.41) is 0. The number of primary amides is 1. The van der Waals surface area contributed by atoms with E-state index < -0.39 is 6.09 Å². The number of hydrogen-bond donors (Lipinski definition) is 2. The molecule has 13 heavy (non-hydrogen) atoms. The molecule has 4 N–H and O–H groups in total. The predicted molar refractivity (Wildman–Crippen MR) is 51.3 cm³/mol. The maximum absolute atomic E-state index is 10.2. The predicted octanol–water partition coefficient (Wildman–Crippen LogP) is -0.248. The summed E-state index contributed by atoms with van der Waals surface area (Å²) < 4.78 is 4.58. The summed E-state index contributed by atoms with van der Waals surface area (Å²) in [5.41, 5.74) is 10.2. The molecule has 0 atom stereocenters. The summed E-state index contributed by atoms with van der Waals surface area (Å²) in [6.07, 6.45) is 1.10. The normalized spacial score (nSPS) is 10.4. The van der Waals surface area contributed by atoms with Crippen molar-refractivity contribution in [2.75, 3.05) is 33.3 Å². The third kappa shape index (κ3) is 9.10. The van der Waals surface area contributed by atoms with Crippen molar-refractivity contribution in [3.63, 3.8) is 0 Å². The number of nitrogens with zero attached hydrogens (tertiary/aromatic N) is 1. The molecule has 0 bridgehead atoms. The summed E-state index contributed by atoms with van der Waals surface area (Å²) in [7, 11) is 2.01. The van der Waals surface area contributed by atoms with Crippen molar-refractivity contribution in [3.8, 4) is 0 Å². The van der Waals surface area contributed by atoms with E-state index in [1.165, 1.54) is 0 Å². The minimum Gasteiger partial charge on any atom is -0.450 e. The minimum atomic E-state index is -0.704. The Kier molecular flexibility index (Phi) is 7.33. The Morgan fingerprint density at radius 1 is 1.38 bits per heavy atom. The van der Waals surface area contributed by atoms with Crippen LogP contribution in [0.3, 0.4) is 0 Å². The van der Waals surface area contributed by atoms with Gasteiger partial charge in [-0.25, -0.2) is 4.79 Å². The van der Waals surface area contributed by atoms with Gasteiger partial charge < -0.3 is 21.1 Å². The second kappa shape index (κ2) is 7.82. The highest BCUT2D eigenvalue weighted by atomic mass is 16.5. The summed E-state index contributed by atoms with van der Waals surface area (Å²) in [5.74, 6) is 0. The highest BCUT2D eigenvalue weighted by Crippen LogP contribution is 1.90. The van der Waals surface area contributed by atoms with Crippen LogP contribution < -0.4 is 11.5 Å². The van der Waals surface area contributed by atoms with Gasteiger partial charge in [-0.15, -0.1) is 0 Å². The first-order valence-electron chi connectivity index (χ1n) is 4.47. The van der Waals surface area contributed by atoms with Crippen LogP contribution in [0.25, 0.3) is 0 Å². The molecular formula is C8H19N3O2. The molecule has 0 rings (SSSR count). The summed E-state index contributed by atoms with van der Waals surface area (Å²) >= 11 is 0. The maximum Gasteiger partial charge on any atom is 0.404 e. The second-order valence-electron chi connectivity index (χ2n) is 2.97. The molecule has 1 amide bonds. The minimum absolute atomic E-state index is 0.391. The molecule has 0 fully saturated rings. The Morgan fingerprint density at radius 3 is 2.54 bits per heavy atom. The first-order chi connectivity index (χ1) is 6.16. The van der Waals surface area contributed by atoms with Crippen LogP contribution in [-0.2, 0) is 4.74 Å². The van der Waals surface area contributed by atoms with Crippen LogP contribution >= 0.6 is 0 Å². The summed E-state index contributed by atoms with van der Waals surface area (Å²) in [6.45, 7) is 2.98. The van der Waals surface area contributed by atoms with E-state index >= 15 is 0 Å². The molecule has 0 aromatic carbocycles. The average molecular weight is 189 g/mol. The molecule has 5 nitrogen and oxygen atoms in total. The zero-order valence-electron chi connectivity index (χ0n) is 8.16. The number of carbonyl (C=O) groups excluding carboxylic acids is 1. The van der Waals surface area contributed by atoms with Gasteiger partial charge in [-0.2, -0.15) is 0 Å².